The molecule has 8 nitrogen and oxygen atoms in total. The van der Waals surface area contributed by atoms with Gasteiger partial charge in [-0.3, -0.25) is 0 Å². The first-order chi connectivity index (χ1) is 28.3. The van der Waals surface area contributed by atoms with Crippen molar-refractivity contribution in [3.8, 4) is 27.7 Å². The van der Waals surface area contributed by atoms with Gasteiger partial charge in [-0.1, -0.05) is 66.7 Å². The maximum atomic E-state index is 13.6. The molecule has 6 aromatic rings. The zero-order valence-electron chi connectivity index (χ0n) is 33.1. The van der Waals surface area contributed by atoms with Crippen molar-refractivity contribution >= 4 is 11.3 Å². The minimum atomic E-state index is -1.08. The summed E-state index contributed by atoms with van der Waals surface area (Å²) in [6, 6.07) is 40.1. The average Bonchev–Trinajstić information content (AvgIpc) is 3.73. The number of aliphatic hydroxyl groups is 1. The summed E-state index contributed by atoms with van der Waals surface area (Å²) in [5, 5.41) is 12.3. The summed E-state index contributed by atoms with van der Waals surface area (Å²) < 4.78 is 56.2. The molecule has 5 atom stereocenters. The van der Waals surface area contributed by atoms with Crippen molar-refractivity contribution in [3.63, 3.8) is 0 Å². The number of rotatable bonds is 17. The largest absolute Gasteiger partial charge is 0.497 e. The van der Waals surface area contributed by atoms with Gasteiger partial charge in [0.05, 0.1) is 47.8 Å². The number of ether oxygens (including phenoxy) is 7. The number of hydrogen-bond donors (Lipinski definition) is 1. The van der Waals surface area contributed by atoms with Gasteiger partial charge >= 0.3 is 0 Å². The van der Waals surface area contributed by atoms with Crippen LogP contribution in [-0.2, 0) is 45.2 Å². The van der Waals surface area contributed by atoms with Crippen LogP contribution >= 0.6 is 11.3 Å². The van der Waals surface area contributed by atoms with Gasteiger partial charge in [0.25, 0.3) is 0 Å². The molecule has 0 bridgehead atoms. The standard InChI is InChI=1S/C48H49FO8S/c1-31-5-12-36(25-37(31)26-42-23-24-44(58-42)35-13-15-38(49)16-14-35)46-45(50)48(56-29-34-10-21-41(53-4)22-11-34)47(55-28-33-8-19-40(52-3)20-9-33)43(57-46)30-54-27-32-6-17-39(51-2)18-7-32/h5-25,43,45-48,50H,26-30H2,1-4H3/t43-,45+,46+,47-,48-/m1/s1. The first-order valence-corrected chi connectivity index (χ1v) is 20.1. The summed E-state index contributed by atoms with van der Waals surface area (Å²) in [6.45, 7) is 3.10. The fourth-order valence-electron chi connectivity index (χ4n) is 7.06. The van der Waals surface area contributed by atoms with Gasteiger partial charge in [0.1, 0.15) is 53.6 Å². The summed E-state index contributed by atoms with van der Waals surface area (Å²) in [6.07, 6.45) is -3.22. The first-order valence-electron chi connectivity index (χ1n) is 19.3. The average molecular weight is 805 g/mol. The molecule has 0 unspecified atom stereocenters. The molecule has 5 aromatic carbocycles. The molecule has 0 aliphatic carbocycles. The fourth-order valence-corrected chi connectivity index (χ4v) is 8.10. The molecular weight excluding hydrogens is 756 g/mol. The van der Waals surface area contributed by atoms with Gasteiger partial charge in [-0.15, -0.1) is 11.3 Å². The van der Waals surface area contributed by atoms with Crippen molar-refractivity contribution in [1.82, 2.24) is 0 Å². The Morgan fingerprint density at radius 2 is 1.19 bits per heavy atom. The number of aryl methyl sites for hydroxylation is 1. The number of methoxy groups -OCH3 is 3. The van der Waals surface area contributed by atoms with E-state index >= 15 is 0 Å². The molecule has 1 fully saturated rings. The van der Waals surface area contributed by atoms with Gasteiger partial charge < -0.3 is 38.3 Å². The highest BCUT2D eigenvalue weighted by atomic mass is 32.1. The molecule has 0 amide bonds. The van der Waals surface area contributed by atoms with E-state index in [1.54, 1.807) is 44.8 Å². The predicted octanol–water partition coefficient (Wildman–Crippen LogP) is 9.67. The van der Waals surface area contributed by atoms with E-state index in [1.807, 2.05) is 78.9 Å². The fraction of sp³-hybridized carbons (Fsp3) is 0.292. The van der Waals surface area contributed by atoms with E-state index in [4.69, 9.17) is 33.2 Å². The summed E-state index contributed by atoms with van der Waals surface area (Å²) in [5.41, 5.74) is 6.88. The van der Waals surface area contributed by atoms with E-state index in [9.17, 15) is 9.50 Å². The zero-order chi connectivity index (χ0) is 40.4. The van der Waals surface area contributed by atoms with E-state index in [0.717, 1.165) is 61.1 Å². The molecule has 302 valence electrons. The zero-order valence-corrected chi connectivity index (χ0v) is 34.0. The maximum Gasteiger partial charge on any atom is 0.123 e. The van der Waals surface area contributed by atoms with E-state index in [0.29, 0.717) is 13.0 Å². The minimum absolute atomic E-state index is 0.186. The number of hydrogen-bond acceptors (Lipinski definition) is 9. The van der Waals surface area contributed by atoms with Gasteiger partial charge in [0, 0.05) is 16.2 Å². The molecule has 0 spiro atoms. The molecular formula is C48H49FO8S. The molecule has 1 aromatic heterocycles. The van der Waals surface area contributed by atoms with Gasteiger partial charge in [0.15, 0.2) is 0 Å². The molecule has 58 heavy (non-hydrogen) atoms. The van der Waals surface area contributed by atoms with Gasteiger partial charge in [-0.2, -0.15) is 0 Å². The Hall–Kier alpha value is -5.07. The number of thiophene rings is 1. The molecule has 10 heteroatoms. The van der Waals surface area contributed by atoms with Crippen LogP contribution in [0.5, 0.6) is 17.2 Å². The van der Waals surface area contributed by atoms with E-state index in [-0.39, 0.29) is 25.6 Å². The molecule has 1 aliphatic rings. The lowest BCUT2D eigenvalue weighted by molar-refractivity contribution is -0.263. The Labute approximate surface area is 343 Å². The highest BCUT2D eigenvalue weighted by molar-refractivity contribution is 7.15. The third-order valence-corrected chi connectivity index (χ3v) is 11.6. The maximum absolute atomic E-state index is 13.6. The van der Waals surface area contributed by atoms with Gasteiger partial charge in [-0.05, 0) is 107 Å². The third-order valence-electron chi connectivity index (χ3n) is 10.4. The summed E-state index contributed by atoms with van der Waals surface area (Å²) >= 11 is 1.68. The first kappa shape index (κ1) is 41.1. The summed E-state index contributed by atoms with van der Waals surface area (Å²) in [5.74, 6) is 2.01. The van der Waals surface area contributed by atoms with Crippen molar-refractivity contribution < 1.29 is 42.7 Å². The minimum Gasteiger partial charge on any atom is -0.497 e. The second-order valence-electron chi connectivity index (χ2n) is 14.3. The molecule has 1 N–H and O–H groups in total. The number of halogens is 1. The quantitative estimate of drug-likeness (QED) is 0.0977. The van der Waals surface area contributed by atoms with Crippen LogP contribution in [0, 0.1) is 12.7 Å². The van der Waals surface area contributed by atoms with Crippen LogP contribution in [0.15, 0.2) is 127 Å². The van der Waals surface area contributed by atoms with Crippen LogP contribution in [0.1, 0.15) is 44.4 Å². The Morgan fingerprint density at radius 3 is 1.76 bits per heavy atom. The third kappa shape index (κ3) is 10.3. The molecule has 0 saturated carbocycles. The Balaban J connectivity index is 1.17. The van der Waals surface area contributed by atoms with Crippen LogP contribution in [-0.4, -0.2) is 57.5 Å². The number of aliphatic hydroxyl groups excluding tert-OH is 1. The smallest absolute Gasteiger partial charge is 0.123 e. The lowest BCUT2D eigenvalue weighted by Crippen LogP contribution is -2.57. The predicted molar refractivity (Wildman–Crippen MR) is 223 cm³/mol. The topological polar surface area (TPSA) is 84.8 Å². The second kappa shape index (κ2) is 19.6. The highest BCUT2D eigenvalue weighted by Gasteiger charge is 2.47. The Bertz CT molecular complexity index is 2190. The van der Waals surface area contributed by atoms with Crippen LogP contribution in [0.25, 0.3) is 10.4 Å². The van der Waals surface area contributed by atoms with Crippen LogP contribution in [0.4, 0.5) is 4.39 Å². The van der Waals surface area contributed by atoms with E-state index in [2.05, 4.69) is 31.2 Å². The Morgan fingerprint density at radius 1 is 0.638 bits per heavy atom. The molecule has 7 rings (SSSR count). The van der Waals surface area contributed by atoms with Crippen molar-refractivity contribution in [1.29, 1.82) is 0 Å². The SMILES string of the molecule is COc1ccc(COC[C@H]2O[C@@H](c3ccc(C)c(Cc4ccc(-c5ccc(F)cc5)s4)c3)[C@H](O)[C@@H](OCc3ccc(OC)cc3)[C@@H]2OCc2ccc(OC)cc2)cc1. The van der Waals surface area contributed by atoms with Gasteiger partial charge in [0.2, 0.25) is 0 Å². The molecule has 2 heterocycles. The normalized spacial score (nSPS) is 19.2. The summed E-state index contributed by atoms with van der Waals surface area (Å²) in [4.78, 5) is 2.24. The van der Waals surface area contributed by atoms with Crippen molar-refractivity contribution in [3.05, 3.63) is 171 Å². The Kier molecular flexibility index (Phi) is 13.9. The van der Waals surface area contributed by atoms with Crippen LogP contribution in [0.3, 0.4) is 0 Å². The second-order valence-corrected chi connectivity index (χ2v) is 15.5. The van der Waals surface area contributed by atoms with E-state index in [1.165, 1.54) is 17.0 Å². The van der Waals surface area contributed by atoms with Crippen LogP contribution < -0.4 is 14.2 Å². The molecule has 0 radical (unpaired) electrons. The number of benzene rings is 5. The lowest BCUT2D eigenvalue weighted by atomic mass is 9.89. The summed E-state index contributed by atoms with van der Waals surface area (Å²) in [7, 11) is 4.91. The highest BCUT2D eigenvalue weighted by Crippen LogP contribution is 2.38. The van der Waals surface area contributed by atoms with Crippen molar-refractivity contribution in [2.75, 3.05) is 27.9 Å². The van der Waals surface area contributed by atoms with Crippen LogP contribution in [0.2, 0.25) is 0 Å². The molecule has 1 saturated heterocycles. The lowest BCUT2D eigenvalue weighted by Gasteiger charge is -2.45. The monoisotopic (exact) mass is 804 g/mol. The molecule has 1 aliphatic heterocycles. The van der Waals surface area contributed by atoms with Crippen molar-refractivity contribution in [2.45, 2.75) is 63.7 Å². The van der Waals surface area contributed by atoms with E-state index < -0.39 is 30.5 Å². The van der Waals surface area contributed by atoms with Gasteiger partial charge in [-0.25, -0.2) is 4.39 Å². The van der Waals surface area contributed by atoms with Crippen molar-refractivity contribution in [2.24, 2.45) is 0 Å².